The lowest BCUT2D eigenvalue weighted by molar-refractivity contribution is 0.254. The highest BCUT2D eigenvalue weighted by Gasteiger charge is 1.87. The average Bonchev–Trinajstić information content (AvgIpc) is 1.63. The third kappa shape index (κ3) is 6.89. The largest absolute Gasteiger partial charge is 0.369 e. The number of urea groups is 1. The molecule has 52 valence electrons. The maximum absolute atomic E-state index is 9.92. The van der Waals surface area contributed by atoms with Gasteiger partial charge in [-0.05, 0) is 0 Å². The van der Waals surface area contributed by atoms with E-state index in [0.717, 1.165) is 0 Å². The van der Waals surface area contributed by atoms with Crippen LogP contribution in [-0.4, -0.2) is 12.0 Å². The van der Waals surface area contributed by atoms with Crippen LogP contribution in [0.2, 0.25) is 0 Å². The first-order chi connectivity index (χ1) is 4.13. The summed E-state index contributed by atoms with van der Waals surface area (Å²) in [6, 6.07) is -0.690. The van der Waals surface area contributed by atoms with Crippen molar-refractivity contribution in [3.63, 3.8) is 0 Å². The van der Waals surface area contributed by atoms with Gasteiger partial charge in [0.05, 0.1) is 12.1 Å². The topological polar surface area (TPSA) is 120 Å². The molecule has 0 aliphatic rings. The summed E-state index contributed by atoms with van der Waals surface area (Å²) in [6.45, 7) is 0. The molecule has 0 aromatic rings. The van der Waals surface area contributed by atoms with Crippen LogP contribution in [0, 0.1) is 0 Å². The number of amides is 2. The number of rotatable bonds is 2. The van der Waals surface area contributed by atoms with Crippen LogP contribution in [0.4, 0.5) is 4.79 Å². The Morgan fingerprint density at radius 1 is 1.44 bits per heavy atom. The summed E-state index contributed by atoms with van der Waals surface area (Å²) in [5.74, 6) is -0.117. The number of nitrogens with one attached hydrogen (secondary N) is 1. The molecule has 0 bridgehead atoms. The lowest BCUT2D eigenvalue weighted by atomic mass is 11.1. The van der Waals surface area contributed by atoms with E-state index >= 15 is 0 Å². The second kappa shape index (κ2) is 3.84. The molecule has 2 amide bonds. The van der Waals surface area contributed by atoms with Gasteiger partial charge in [0, 0.05) is 0 Å². The van der Waals surface area contributed by atoms with E-state index in [1.165, 1.54) is 0 Å². The first kappa shape index (κ1) is 7.89. The van der Waals surface area contributed by atoms with Crippen LogP contribution in [0.25, 0.3) is 0 Å². The summed E-state index contributed by atoms with van der Waals surface area (Å²) < 4.78 is 5.43. The Hall–Kier alpha value is -1.11. The van der Waals surface area contributed by atoms with Gasteiger partial charge in [0.25, 0.3) is 0 Å². The van der Waals surface area contributed by atoms with Crippen molar-refractivity contribution in [3.8, 4) is 0 Å². The summed E-state index contributed by atoms with van der Waals surface area (Å²) in [7, 11) is 0. The van der Waals surface area contributed by atoms with Gasteiger partial charge in [0.15, 0.2) is 5.96 Å². The molecule has 0 saturated heterocycles. The summed E-state index contributed by atoms with van der Waals surface area (Å²) in [5.41, 5.74) is 14.4. The van der Waals surface area contributed by atoms with Crippen molar-refractivity contribution in [2.45, 2.75) is 0 Å². The third-order valence-corrected chi connectivity index (χ3v) is 0.892. The molecule has 7 N–H and O–H groups in total. The molecule has 6 nitrogen and oxygen atoms in total. The van der Waals surface area contributed by atoms with Gasteiger partial charge >= 0.3 is 6.03 Å². The number of hydrogen-bond donors (Lipinski definition) is 4. The molecule has 0 radical (unpaired) electrons. The van der Waals surface area contributed by atoms with E-state index < -0.39 is 6.03 Å². The van der Waals surface area contributed by atoms with Gasteiger partial charge in [0.1, 0.15) is 0 Å². The van der Waals surface area contributed by atoms with Gasteiger partial charge in [-0.1, -0.05) is 0 Å². The molecule has 0 aromatic heterocycles. The Balaban J connectivity index is 3.31. The van der Waals surface area contributed by atoms with Crippen molar-refractivity contribution in [3.05, 3.63) is 0 Å². The molecule has 0 heterocycles. The second-order valence-corrected chi connectivity index (χ2v) is 1.64. The summed E-state index contributed by atoms with van der Waals surface area (Å²) in [5, 5.41) is 0. The van der Waals surface area contributed by atoms with Crippen LogP contribution in [0.15, 0.2) is 4.40 Å². The van der Waals surface area contributed by atoms with Crippen LogP contribution in [-0.2, 0) is 0 Å². The summed E-state index contributed by atoms with van der Waals surface area (Å²) in [4.78, 5) is 9.92. The van der Waals surface area contributed by atoms with E-state index in [9.17, 15) is 4.79 Å². The average molecular weight is 149 g/mol. The monoisotopic (exact) mass is 149 g/mol. The highest BCUT2D eigenvalue weighted by molar-refractivity contribution is 7.96. The van der Waals surface area contributed by atoms with Gasteiger partial charge in [-0.15, -0.1) is 0 Å². The Labute approximate surface area is 56.1 Å². The van der Waals surface area contributed by atoms with Crippen LogP contribution in [0.5, 0.6) is 0 Å². The van der Waals surface area contributed by atoms with Crippen molar-refractivity contribution >= 4 is 24.1 Å². The molecular formula is C2H7N5OS. The Bertz CT molecular complexity index is 129. The quantitative estimate of drug-likeness (QED) is 0.217. The molecule has 0 aliphatic carbocycles. The van der Waals surface area contributed by atoms with Gasteiger partial charge in [-0.25, -0.2) is 4.79 Å². The molecule has 0 fully saturated rings. The first-order valence-electron chi connectivity index (χ1n) is 1.93. The third-order valence-electron chi connectivity index (χ3n) is 0.297. The number of nitrogens with two attached hydrogens (primary N) is 3. The molecule has 0 spiro atoms. The van der Waals surface area contributed by atoms with Crippen molar-refractivity contribution in [1.29, 1.82) is 0 Å². The second-order valence-electron chi connectivity index (χ2n) is 1.07. The molecular weight excluding hydrogens is 142 g/mol. The van der Waals surface area contributed by atoms with E-state index in [1.807, 2.05) is 0 Å². The van der Waals surface area contributed by atoms with E-state index in [1.54, 1.807) is 0 Å². The molecule has 0 aromatic carbocycles. The number of hydrogen-bond acceptors (Lipinski definition) is 3. The zero-order chi connectivity index (χ0) is 7.28. The highest BCUT2D eigenvalue weighted by Crippen LogP contribution is 1.90. The molecule has 0 unspecified atom stereocenters. The van der Waals surface area contributed by atoms with Crippen LogP contribution >= 0.6 is 12.1 Å². The molecule has 0 saturated carbocycles. The smallest absolute Gasteiger partial charge is 0.323 e. The van der Waals surface area contributed by atoms with E-state index in [-0.39, 0.29) is 5.96 Å². The van der Waals surface area contributed by atoms with Gasteiger partial charge in [-0.3, -0.25) is 4.72 Å². The Morgan fingerprint density at radius 3 is 2.33 bits per heavy atom. The fourth-order valence-electron chi connectivity index (χ4n) is 0.121. The van der Waals surface area contributed by atoms with Crippen molar-refractivity contribution < 1.29 is 4.79 Å². The van der Waals surface area contributed by atoms with Crippen LogP contribution in [0.1, 0.15) is 0 Å². The first-order valence-corrected chi connectivity index (χ1v) is 2.70. The van der Waals surface area contributed by atoms with E-state index in [4.69, 9.17) is 11.5 Å². The van der Waals surface area contributed by atoms with E-state index in [0.29, 0.717) is 12.1 Å². The minimum atomic E-state index is -0.690. The molecule has 7 heteroatoms. The van der Waals surface area contributed by atoms with Gasteiger partial charge < -0.3 is 17.2 Å². The van der Waals surface area contributed by atoms with Crippen LogP contribution in [0.3, 0.4) is 0 Å². The fraction of sp³-hybridized carbons (Fsp3) is 0. The SMILES string of the molecule is NC(=O)NSN=C(N)N. The molecule has 0 aliphatic heterocycles. The standard InChI is InChI=1S/C2H7N5OS/c3-1(4)6-9-7-2(5)8/h(H4,3,4,6)(H3,5,7,8). The van der Waals surface area contributed by atoms with Crippen molar-refractivity contribution in [2.24, 2.45) is 21.6 Å². The van der Waals surface area contributed by atoms with Gasteiger partial charge in [-0.2, -0.15) is 4.40 Å². The Morgan fingerprint density at radius 2 is 2.00 bits per heavy atom. The zero-order valence-electron chi connectivity index (χ0n) is 4.50. The van der Waals surface area contributed by atoms with Crippen molar-refractivity contribution in [2.75, 3.05) is 0 Å². The normalized spacial score (nSPS) is 8.00. The Kier molecular flexibility index (Phi) is 3.37. The number of carbonyl (C=O) groups excluding carboxylic acids is 1. The summed E-state index contributed by atoms with van der Waals surface area (Å²) in [6.07, 6.45) is 0. The van der Waals surface area contributed by atoms with Gasteiger partial charge in [0.2, 0.25) is 0 Å². The number of primary amides is 1. The van der Waals surface area contributed by atoms with Crippen molar-refractivity contribution in [1.82, 2.24) is 4.72 Å². The molecule has 0 atom stereocenters. The number of guanidine groups is 1. The van der Waals surface area contributed by atoms with Crippen LogP contribution < -0.4 is 21.9 Å². The summed E-state index contributed by atoms with van der Waals surface area (Å²) >= 11 is 0.683. The number of carbonyl (C=O) groups is 1. The lowest BCUT2D eigenvalue weighted by Gasteiger charge is -1.91. The molecule has 9 heavy (non-hydrogen) atoms. The highest BCUT2D eigenvalue weighted by atomic mass is 32.2. The van der Waals surface area contributed by atoms with E-state index in [2.05, 4.69) is 14.9 Å². The predicted octanol–water partition coefficient (Wildman–Crippen LogP) is -1.51. The number of nitrogens with zero attached hydrogens (tertiary/aromatic N) is 1. The predicted molar refractivity (Wildman–Crippen MR) is 36.1 cm³/mol. The zero-order valence-corrected chi connectivity index (χ0v) is 5.31. The maximum atomic E-state index is 9.92. The minimum Gasteiger partial charge on any atom is -0.369 e. The fourth-order valence-corrected chi connectivity index (χ4v) is 0.362. The maximum Gasteiger partial charge on any atom is 0.323 e. The lowest BCUT2D eigenvalue weighted by Crippen LogP contribution is -2.25. The molecule has 0 rings (SSSR count). The minimum absolute atomic E-state index is 0.117.